The van der Waals surface area contributed by atoms with Gasteiger partial charge in [-0.05, 0) is 49.2 Å². The summed E-state index contributed by atoms with van der Waals surface area (Å²) in [6, 6.07) is 12.5. The van der Waals surface area contributed by atoms with Crippen LogP contribution in [0.1, 0.15) is 20.8 Å². The van der Waals surface area contributed by atoms with Crippen molar-refractivity contribution < 1.29 is 22.7 Å². The predicted octanol–water partition coefficient (Wildman–Crippen LogP) is 3.04. The molecule has 7 nitrogen and oxygen atoms in total. The normalized spacial score (nSPS) is 12.3. The number of hydrogen-bond acceptors (Lipinski definition) is 5. The number of methoxy groups -OCH3 is 1. The minimum Gasteiger partial charge on any atom is -0.497 e. The molecule has 0 bridgehead atoms. The van der Waals surface area contributed by atoms with Gasteiger partial charge in [-0.3, -0.25) is 9.52 Å². The van der Waals surface area contributed by atoms with E-state index in [0.29, 0.717) is 29.6 Å². The number of benzene rings is 2. The lowest BCUT2D eigenvalue weighted by molar-refractivity contribution is -0.127. The summed E-state index contributed by atoms with van der Waals surface area (Å²) >= 11 is 0. The minimum atomic E-state index is -3.76. The Labute approximate surface area is 166 Å². The van der Waals surface area contributed by atoms with Gasteiger partial charge in [0.25, 0.3) is 15.9 Å². The Kier molecular flexibility index (Phi) is 7.28. The molecule has 0 heterocycles. The number of hydrogen-bond donors (Lipinski definition) is 2. The molecular weight excluding hydrogens is 380 g/mol. The monoisotopic (exact) mass is 406 g/mol. The van der Waals surface area contributed by atoms with E-state index in [2.05, 4.69) is 10.0 Å². The molecule has 28 heavy (non-hydrogen) atoms. The van der Waals surface area contributed by atoms with Crippen LogP contribution in [0.15, 0.2) is 53.4 Å². The quantitative estimate of drug-likeness (QED) is 0.668. The summed E-state index contributed by atoms with van der Waals surface area (Å²) in [5, 5.41) is 2.79. The summed E-state index contributed by atoms with van der Waals surface area (Å²) in [5.41, 5.74) is 0.398. The number of sulfonamides is 1. The van der Waals surface area contributed by atoms with Crippen molar-refractivity contribution in [3.8, 4) is 11.5 Å². The molecular formula is C20H26N2O5S. The Hall–Kier alpha value is -2.74. The molecule has 0 spiro atoms. The lowest BCUT2D eigenvalue weighted by atomic mass is 10.2. The SMILES string of the molecule is COc1cccc(NS(=O)(=O)c2ccc(O[C@H](C)C(=O)NCC(C)C)cc2)c1. The third-order valence-electron chi connectivity index (χ3n) is 3.82. The van der Waals surface area contributed by atoms with Crippen LogP contribution in [-0.4, -0.2) is 34.1 Å². The van der Waals surface area contributed by atoms with Crippen LogP contribution in [0.2, 0.25) is 0 Å². The molecule has 0 saturated heterocycles. The van der Waals surface area contributed by atoms with E-state index in [-0.39, 0.29) is 10.8 Å². The van der Waals surface area contributed by atoms with E-state index < -0.39 is 16.1 Å². The van der Waals surface area contributed by atoms with Crippen molar-refractivity contribution in [3.63, 3.8) is 0 Å². The highest BCUT2D eigenvalue weighted by molar-refractivity contribution is 7.92. The first-order valence-electron chi connectivity index (χ1n) is 8.92. The van der Waals surface area contributed by atoms with E-state index in [9.17, 15) is 13.2 Å². The van der Waals surface area contributed by atoms with Gasteiger partial charge in [0.15, 0.2) is 6.10 Å². The highest BCUT2D eigenvalue weighted by Gasteiger charge is 2.17. The zero-order valence-corrected chi connectivity index (χ0v) is 17.2. The van der Waals surface area contributed by atoms with Crippen molar-refractivity contribution in [2.45, 2.75) is 31.8 Å². The average Bonchev–Trinajstić information content (AvgIpc) is 2.66. The van der Waals surface area contributed by atoms with Gasteiger partial charge in [-0.1, -0.05) is 19.9 Å². The lowest BCUT2D eigenvalue weighted by Gasteiger charge is -2.16. The molecule has 0 aliphatic heterocycles. The van der Waals surface area contributed by atoms with Gasteiger partial charge in [0.05, 0.1) is 17.7 Å². The molecule has 0 saturated carbocycles. The van der Waals surface area contributed by atoms with Gasteiger partial charge in [-0.2, -0.15) is 0 Å². The molecule has 1 atom stereocenters. The van der Waals surface area contributed by atoms with Gasteiger partial charge in [-0.15, -0.1) is 0 Å². The van der Waals surface area contributed by atoms with Crippen LogP contribution in [0.25, 0.3) is 0 Å². The van der Waals surface area contributed by atoms with Crippen LogP contribution in [0.5, 0.6) is 11.5 Å². The summed E-state index contributed by atoms with van der Waals surface area (Å²) in [6.07, 6.45) is -0.684. The van der Waals surface area contributed by atoms with Crippen molar-refractivity contribution in [2.24, 2.45) is 5.92 Å². The number of nitrogens with one attached hydrogen (secondary N) is 2. The smallest absolute Gasteiger partial charge is 0.261 e. The Bertz CT molecular complexity index is 895. The maximum atomic E-state index is 12.5. The van der Waals surface area contributed by atoms with E-state index in [0.717, 1.165) is 0 Å². The third kappa shape index (κ3) is 6.16. The molecule has 152 valence electrons. The van der Waals surface area contributed by atoms with Crippen molar-refractivity contribution in [1.29, 1.82) is 0 Å². The fourth-order valence-electron chi connectivity index (χ4n) is 2.30. The summed E-state index contributed by atoms with van der Waals surface area (Å²) in [4.78, 5) is 12.1. The van der Waals surface area contributed by atoms with E-state index in [1.807, 2.05) is 13.8 Å². The van der Waals surface area contributed by atoms with E-state index in [1.54, 1.807) is 31.2 Å². The first kappa shape index (κ1) is 21.6. The molecule has 1 amide bonds. The van der Waals surface area contributed by atoms with E-state index >= 15 is 0 Å². The number of anilines is 1. The van der Waals surface area contributed by atoms with Crippen LogP contribution in [0, 0.1) is 5.92 Å². The topological polar surface area (TPSA) is 93.7 Å². The summed E-state index contributed by atoms with van der Waals surface area (Å²) < 4.78 is 38.2. The van der Waals surface area contributed by atoms with Crippen molar-refractivity contribution in [1.82, 2.24) is 5.32 Å². The minimum absolute atomic E-state index is 0.0829. The molecule has 2 N–H and O–H groups in total. The van der Waals surface area contributed by atoms with E-state index in [4.69, 9.17) is 9.47 Å². The van der Waals surface area contributed by atoms with Crippen LogP contribution in [0.4, 0.5) is 5.69 Å². The average molecular weight is 407 g/mol. The van der Waals surface area contributed by atoms with Gasteiger partial charge in [-0.25, -0.2) is 8.42 Å². The number of rotatable bonds is 9. The molecule has 0 aliphatic carbocycles. The summed E-state index contributed by atoms with van der Waals surface area (Å²) in [6.45, 7) is 6.22. The number of ether oxygens (including phenoxy) is 2. The first-order chi connectivity index (χ1) is 13.2. The second-order valence-electron chi connectivity index (χ2n) is 6.71. The van der Waals surface area contributed by atoms with Crippen molar-refractivity contribution >= 4 is 21.6 Å². The van der Waals surface area contributed by atoms with Crippen molar-refractivity contribution in [3.05, 3.63) is 48.5 Å². The number of amides is 1. The molecule has 8 heteroatoms. The molecule has 0 aliphatic rings. The highest BCUT2D eigenvalue weighted by atomic mass is 32.2. The predicted molar refractivity (Wildman–Crippen MR) is 108 cm³/mol. The van der Waals surface area contributed by atoms with Gasteiger partial charge in [0.1, 0.15) is 11.5 Å². The number of carbonyl (C=O) groups is 1. The van der Waals surface area contributed by atoms with Crippen LogP contribution >= 0.6 is 0 Å². The zero-order chi connectivity index (χ0) is 20.7. The van der Waals surface area contributed by atoms with Crippen LogP contribution < -0.4 is 19.5 Å². The second kappa shape index (κ2) is 9.45. The molecule has 0 unspecified atom stereocenters. The molecule has 2 aromatic carbocycles. The Balaban J connectivity index is 2.03. The van der Waals surface area contributed by atoms with Crippen LogP contribution in [-0.2, 0) is 14.8 Å². The Morgan fingerprint density at radius 2 is 1.71 bits per heavy atom. The zero-order valence-electron chi connectivity index (χ0n) is 16.4. The second-order valence-corrected chi connectivity index (χ2v) is 8.39. The van der Waals surface area contributed by atoms with E-state index in [1.165, 1.54) is 31.4 Å². The standard InChI is InChI=1S/C20H26N2O5S/c1-14(2)13-21-20(23)15(3)27-17-8-10-19(11-9-17)28(24,25)22-16-6-5-7-18(12-16)26-4/h5-12,14-15,22H,13H2,1-4H3,(H,21,23)/t15-/m1/s1. The maximum absolute atomic E-state index is 12.5. The summed E-state index contributed by atoms with van der Waals surface area (Å²) in [5.74, 6) is 1.09. The molecule has 2 rings (SSSR count). The molecule has 0 radical (unpaired) electrons. The Morgan fingerprint density at radius 1 is 1.04 bits per heavy atom. The van der Waals surface area contributed by atoms with Gasteiger partial charge in [0, 0.05) is 12.6 Å². The third-order valence-corrected chi connectivity index (χ3v) is 5.22. The Morgan fingerprint density at radius 3 is 2.32 bits per heavy atom. The fourth-order valence-corrected chi connectivity index (χ4v) is 3.35. The highest BCUT2D eigenvalue weighted by Crippen LogP contribution is 2.22. The number of carbonyl (C=O) groups excluding carboxylic acids is 1. The lowest BCUT2D eigenvalue weighted by Crippen LogP contribution is -2.38. The molecule has 0 fully saturated rings. The van der Waals surface area contributed by atoms with Gasteiger partial charge >= 0.3 is 0 Å². The molecule has 2 aromatic rings. The van der Waals surface area contributed by atoms with Gasteiger partial charge < -0.3 is 14.8 Å². The van der Waals surface area contributed by atoms with Gasteiger partial charge in [0.2, 0.25) is 0 Å². The first-order valence-corrected chi connectivity index (χ1v) is 10.4. The fraction of sp³-hybridized carbons (Fsp3) is 0.350. The maximum Gasteiger partial charge on any atom is 0.261 e. The molecule has 0 aromatic heterocycles. The summed E-state index contributed by atoms with van der Waals surface area (Å²) in [7, 11) is -2.25. The largest absolute Gasteiger partial charge is 0.497 e. The van der Waals surface area contributed by atoms with Crippen molar-refractivity contribution in [2.75, 3.05) is 18.4 Å². The van der Waals surface area contributed by atoms with Crippen LogP contribution in [0.3, 0.4) is 0 Å².